The van der Waals surface area contributed by atoms with Gasteiger partial charge in [-0.25, -0.2) is 4.79 Å². The minimum Gasteiger partial charge on any atom is -0.508 e. The van der Waals surface area contributed by atoms with Gasteiger partial charge in [0.05, 0.1) is 5.56 Å². The average Bonchev–Trinajstić information content (AvgIpc) is 2.29. The van der Waals surface area contributed by atoms with E-state index in [4.69, 9.17) is 5.11 Å². The summed E-state index contributed by atoms with van der Waals surface area (Å²) in [5, 5.41) is 18.4. The molecule has 0 heterocycles. The second-order valence-electron chi connectivity index (χ2n) is 3.94. The fraction of sp³-hybridized carbons (Fsp3) is 0.0714. The normalized spacial score (nSPS) is 10.2. The first kappa shape index (κ1) is 11.2. The molecule has 0 aliphatic rings. The maximum Gasteiger partial charge on any atom is 0.335 e. The predicted octanol–water partition coefficient (Wildman–Crippen LogP) is 3.07. The number of phenols is 1. The molecule has 2 rings (SSSR count). The van der Waals surface area contributed by atoms with E-state index in [-0.39, 0.29) is 11.3 Å². The molecule has 0 spiro atoms. The highest BCUT2D eigenvalue weighted by atomic mass is 16.4. The Balaban J connectivity index is 2.51. The molecule has 0 aliphatic carbocycles. The van der Waals surface area contributed by atoms with E-state index in [0.717, 1.165) is 11.1 Å². The van der Waals surface area contributed by atoms with E-state index in [1.54, 1.807) is 12.1 Å². The van der Waals surface area contributed by atoms with Crippen LogP contribution in [-0.4, -0.2) is 16.2 Å². The molecule has 0 atom stereocenters. The fourth-order valence-corrected chi connectivity index (χ4v) is 1.65. The van der Waals surface area contributed by atoms with Crippen LogP contribution in [0.1, 0.15) is 15.9 Å². The molecule has 0 aromatic heterocycles. The largest absolute Gasteiger partial charge is 0.508 e. The van der Waals surface area contributed by atoms with Crippen LogP contribution in [0, 0.1) is 6.92 Å². The van der Waals surface area contributed by atoms with Crippen LogP contribution in [0.25, 0.3) is 11.1 Å². The first-order valence-corrected chi connectivity index (χ1v) is 5.20. The van der Waals surface area contributed by atoms with Gasteiger partial charge in [0.1, 0.15) is 5.75 Å². The number of hydrogen-bond donors (Lipinski definition) is 2. The van der Waals surface area contributed by atoms with Gasteiger partial charge in [-0.05, 0) is 36.2 Å². The molecule has 2 aromatic carbocycles. The van der Waals surface area contributed by atoms with Crippen LogP contribution >= 0.6 is 0 Å². The number of aromatic hydroxyl groups is 1. The minimum atomic E-state index is -1.05. The quantitative estimate of drug-likeness (QED) is 0.830. The van der Waals surface area contributed by atoms with Gasteiger partial charge in [0.2, 0.25) is 0 Å². The highest BCUT2D eigenvalue weighted by Gasteiger charge is 2.07. The number of carboxylic acids is 1. The van der Waals surface area contributed by atoms with Crippen molar-refractivity contribution < 1.29 is 15.0 Å². The third-order valence-electron chi connectivity index (χ3n) is 2.55. The van der Waals surface area contributed by atoms with Gasteiger partial charge in [0, 0.05) is 0 Å². The van der Waals surface area contributed by atoms with Crippen molar-refractivity contribution in [3.8, 4) is 16.9 Å². The Morgan fingerprint density at radius 2 is 1.65 bits per heavy atom. The van der Waals surface area contributed by atoms with Crippen molar-refractivity contribution in [1.29, 1.82) is 0 Å². The number of carbonyl (C=O) groups is 1. The molecule has 0 saturated heterocycles. The molecule has 86 valence electrons. The smallest absolute Gasteiger partial charge is 0.335 e. The van der Waals surface area contributed by atoms with Crippen molar-refractivity contribution in [3.05, 3.63) is 53.6 Å². The molecule has 3 heteroatoms. The SMILES string of the molecule is Cc1ccc(-c2cc(O)cc(C(=O)O)c2)cc1. The monoisotopic (exact) mass is 228 g/mol. The van der Waals surface area contributed by atoms with Gasteiger partial charge in [-0.3, -0.25) is 0 Å². The molecule has 2 aromatic rings. The molecule has 0 aliphatic heterocycles. The lowest BCUT2D eigenvalue weighted by atomic mass is 10.0. The molecule has 0 amide bonds. The maximum absolute atomic E-state index is 10.9. The second-order valence-corrected chi connectivity index (χ2v) is 3.94. The number of benzene rings is 2. The summed E-state index contributed by atoms with van der Waals surface area (Å²) < 4.78 is 0. The number of phenolic OH excluding ortho intramolecular Hbond substituents is 1. The van der Waals surface area contributed by atoms with Crippen LogP contribution in [0.15, 0.2) is 42.5 Å². The van der Waals surface area contributed by atoms with Crippen molar-refractivity contribution in [3.63, 3.8) is 0 Å². The number of aryl methyl sites for hydroxylation is 1. The molecule has 0 saturated carbocycles. The molecular formula is C14H12O3. The van der Waals surface area contributed by atoms with Crippen LogP contribution in [0.2, 0.25) is 0 Å². The van der Waals surface area contributed by atoms with Crippen LogP contribution in [0.5, 0.6) is 5.75 Å². The van der Waals surface area contributed by atoms with Crippen molar-refractivity contribution in [1.82, 2.24) is 0 Å². The van der Waals surface area contributed by atoms with Gasteiger partial charge in [-0.15, -0.1) is 0 Å². The first-order chi connectivity index (χ1) is 8.06. The first-order valence-electron chi connectivity index (χ1n) is 5.20. The summed E-state index contributed by atoms with van der Waals surface area (Å²) in [6.07, 6.45) is 0. The third-order valence-corrected chi connectivity index (χ3v) is 2.55. The van der Waals surface area contributed by atoms with Crippen LogP contribution in [-0.2, 0) is 0 Å². The molecule has 3 nitrogen and oxygen atoms in total. The van der Waals surface area contributed by atoms with Gasteiger partial charge >= 0.3 is 5.97 Å². The van der Waals surface area contributed by atoms with Crippen molar-refractivity contribution in [2.75, 3.05) is 0 Å². The van der Waals surface area contributed by atoms with Gasteiger partial charge in [0.15, 0.2) is 0 Å². The van der Waals surface area contributed by atoms with E-state index >= 15 is 0 Å². The average molecular weight is 228 g/mol. The molecular weight excluding hydrogens is 216 g/mol. The zero-order chi connectivity index (χ0) is 12.4. The Morgan fingerprint density at radius 1 is 1.00 bits per heavy atom. The predicted molar refractivity (Wildman–Crippen MR) is 65.2 cm³/mol. The topological polar surface area (TPSA) is 57.5 Å². The van der Waals surface area contributed by atoms with Crippen molar-refractivity contribution >= 4 is 5.97 Å². The number of carboxylic acid groups (broad SMARTS) is 1. The lowest BCUT2D eigenvalue weighted by molar-refractivity contribution is 0.0696. The van der Waals surface area contributed by atoms with Gasteiger partial charge in [-0.1, -0.05) is 29.8 Å². The van der Waals surface area contributed by atoms with E-state index in [0.29, 0.717) is 5.56 Å². The van der Waals surface area contributed by atoms with E-state index in [9.17, 15) is 9.90 Å². The van der Waals surface area contributed by atoms with Gasteiger partial charge in [-0.2, -0.15) is 0 Å². The molecule has 0 fully saturated rings. The molecule has 0 unspecified atom stereocenters. The highest BCUT2D eigenvalue weighted by molar-refractivity contribution is 5.90. The van der Waals surface area contributed by atoms with Crippen LogP contribution < -0.4 is 0 Å². The van der Waals surface area contributed by atoms with Crippen LogP contribution in [0.3, 0.4) is 0 Å². The zero-order valence-corrected chi connectivity index (χ0v) is 9.34. The standard InChI is InChI=1S/C14H12O3/c1-9-2-4-10(5-3-9)11-6-12(14(16)17)8-13(15)7-11/h2-8,15H,1H3,(H,16,17). The second kappa shape index (κ2) is 4.29. The van der Waals surface area contributed by atoms with E-state index in [2.05, 4.69) is 0 Å². The van der Waals surface area contributed by atoms with Crippen LogP contribution in [0.4, 0.5) is 0 Å². The summed E-state index contributed by atoms with van der Waals surface area (Å²) in [6, 6.07) is 12.0. The van der Waals surface area contributed by atoms with Gasteiger partial charge in [0.25, 0.3) is 0 Å². The summed E-state index contributed by atoms with van der Waals surface area (Å²) in [5.41, 5.74) is 2.80. The van der Waals surface area contributed by atoms with E-state index < -0.39 is 5.97 Å². The zero-order valence-electron chi connectivity index (χ0n) is 9.34. The Bertz CT molecular complexity index is 556. The summed E-state index contributed by atoms with van der Waals surface area (Å²) in [4.78, 5) is 10.9. The number of hydrogen-bond acceptors (Lipinski definition) is 2. The molecule has 0 radical (unpaired) electrons. The van der Waals surface area contributed by atoms with Gasteiger partial charge < -0.3 is 10.2 Å². The highest BCUT2D eigenvalue weighted by Crippen LogP contribution is 2.25. The summed E-state index contributed by atoms with van der Waals surface area (Å²) in [6.45, 7) is 1.98. The Hall–Kier alpha value is -2.29. The summed E-state index contributed by atoms with van der Waals surface area (Å²) >= 11 is 0. The molecule has 0 bridgehead atoms. The van der Waals surface area contributed by atoms with E-state index in [1.165, 1.54) is 6.07 Å². The van der Waals surface area contributed by atoms with Crippen molar-refractivity contribution in [2.24, 2.45) is 0 Å². The lowest BCUT2D eigenvalue weighted by Gasteiger charge is -2.05. The summed E-state index contributed by atoms with van der Waals surface area (Å²) in [5.74, 6) is -1.09. The van der Waals surface area contributed by atoms with Crippen molar-refractivity contribution in [2.45, 2.75) is 6.92 Å². The third kappa shape index (κ3) is 2.45. The molecule has 2 N–H and O–H groups in total. The fourth-order valence-electron chi connectivity index (χ4n) is 1.65. The Labute approximate surface area is 99.0 Å². The molecule has 17 heavy (non-hydrogen) atoms. The lowest BCUT2D eigenvalue weighted by Crippen LogP contribution is -1.96. The number of rotatable bonds is 2. The Morgan fingerprint density at radius 3 is 2.24 bits per heavy atom. The Kier molecular flexibility index (Phi) is 2.83. The number of aromatic carboxylic acids is 1. The van der Waals surface area contributed by atoms with E-state index in [1.807, 2.05) is 31.2 Å². The minimum absolute atomic E-state index is 0.0412. The maximum atomic E-state index is 10.9. The summed E-state index contributed by atoms with van der Waals surface area (Å²) in [7, 11) is 0.